The molecule has 2 amide bonds. The number of aromatic nitrogens is 9. The number of ether oxygens (including phenoxy) is 5. The van der Waals surface area contributed by atoms with Gasteiger partial charge in [-0.15, -0.1) is 34.0 Å². The van der Waals surface area contributed by atoms with Crippen LogP contribution in [0, 0.1) is 20.8 Å². The molecule has 25 nitrogen and oxygen atoms in total. The lowest BCUT2D eigenvalue weighted by atomic mass is 9.91. The van der Waals surface area contributed by atoms with Crippen LogP contribution in [0.1, 0.15) is 168 Å². The van der Waals surface area contributed by atoms with Gasteiger partial charge in [0, 0.05) is 167 Å². The Hall–Kier alpha value is -11.0. The summed E-state index contributed by atoms with van der Waals surface area (Å²) >= 11 is 23.4. The maximum atomic E-state index is 12.7. The molecule has 9 aromatic carbocycles. The Morgan fingerprint density at radius 2 is 0.707 bits per heavy atom. The molecule has 0 radical (unpaired) electrons. The fourth-order valence-corrected chi connectivity index (χ4v) is 22.1. The highest BCUT2D eigenvalue weighted by Crippen LogP contribution is 2.51. The summed E-state index contributed by atoms with van der Waals surface area (Å²) in [6, 6.07) is 47.1. The number of halogens is 3. The molecule has 6 aromatic heterocycles. The summed E-state index contributed by atoms with van der Waals surface area (Å²) in [4.78, 5) is 81.9. The average Bonchev–Trinajstić information content (AvgIpc) is 1.63. The number of thiazole rings is 3. The number of nitrogens with zero attached hydrogens (tertiary/aromatic N) is 11. The molecule has 9 heterocycles. The highest BCUT2D eigenvalue weighted by molar-refractivity contribution is 7.23. The van der Waals surface area contributed by atoms with Crippen LogP contribution in [0.25, 0.3) is 128 Å². The van der Waals surface area contributed by atoms with Crippen molar-refractivity contribution in [1.29, 1.82) is 0 Å². The van der Waals surface area contributed by atoms with Gasteiger partial charge < -0.3 is 54.1 Å². The molecule has 3 aliphatic heterocycles. The summed E-state index contributed by atoms with van der Waals surface area (Å²) in [5.41, 5.74) is 18.5. The molecule has 18 rings (SSSR count). The van der Waals surface area contributed by atoms with E-state index < -0.39 is 53.0 Å². The minimum absolute atomic E-state index is 0.00964. The van der Waals surface area contributed by atoms with Gasteiger partial charge in [0.15, 0.2) is 18.3 Å². The van der Waals surface area contributed by atoms with Gasteiger partial charge in [0.25, 0.3) is 0 Å². The Bertz CT molecular complexity index is 6730. The predicted octanol–water partition coefficient (Wildman–Crippen LogP) is 22.3. The normalized spacial score (nSPS) is 16.2. The van der Waals surface area contributed by atoms with Crippen molar-refractivity contribution in [3.05, 3.63) is 211 Å². The second-order valence-electron chi connectivity index (χ2n) is 37.3. The first kappa shape index (κ1) is 95.2. The summed E-state index contributed by atoms with van der Waals surface area (Å²) in [5.74, 6) is -2.53. The van der Waals surface area contributed by atoms with Gasteiger partial charge in [0.1, 0.15) is 28.2 Å². The number of carboxylic acid groups (broad SMARTS) is 3. The molecule has 0 spiro atoms. The monoisotopic (exact) mass is 1910 g/mol. The van der Waals surface area contributed by atoms with Crippen LogP contribution in [-0.4, -0.2) is 183 Å². The number of likely N-dealkylation sites (tertiary alicyclic amines) is 2. The van der Waals surface area contributed by atoms with E-state index >= 15 is 0 Å². The molecule has 3 saturated heterocycles. The second-order valence-corrected chi connectivity index (χ2v) is 41.6. The van der Waals surface area contributed by atoms with E-state index in [9.17, 15) is 39.3 Å². The number of hydrogen-bond acceptors (Lipinski definition) is 20. The zero-order valence-electron chi connectivity index (χ0n) is 77.3. The van der Waals surface area contributed by atoms with Gasteiger partial charge in [-0.25, -0.2) is 29.3 Å². The first-order valence-electron chi connectivity index (χ1n) is 44.2. The second kappa shape index (κ2) is 38.4. The first-order chi connectivity index (χ1) is 63.2. The molecule has 0 aliphatic carbocycles. The molecule has 1 unspecified atom stereocenters. The maximum absolute atomic E-state index is 12.7. The van der Waals surface area contributed by atoms with Crippen LogP contribution in [0.3, 0.4) is 0 Å². The van der Waals surface area contributed by atoms with Crippen LogP contribution < -0.4 is 5.32 Å². The van der Waals surface area contributed by atoms with Gasteiger partial charge in [0.05, 0.1) is 81.1 Å². The Balaban J connectivity index is 0.000000146. The minimum atomic E-state index is -1.18. The van der Waals surface area contributed by atoms with Crippen molar-refractivity contribution in [3.8, 4) is 65.1 Å². The van der Waals surface area contributed by atoms with E-state index in [4.69, 9.17) is 88.7 Å². The molecule has 0 bridgehead atoms. The third kappa shape index (κ3) is 20.1. The number of carbonyl (C=O) groups excluding carboxylic acids is 2. The summed E-state index contributed by atoms with van der Waals surface area (Å²) in [6.07, 6.45) is -0.772. The molecule has 4 N–H and O–H groups in total. The van der Waals surface area contributed by atoms with Gasteiger partial charge in [0.2, 0.25) is 11.8 Å². The third-order valence-corrected chi connectivity index (χ3v) is 28.4. The number of aryl methyl sites for hydroxylation is 6. The number of fused-ring (bicyclic) bond motifs is 6. The SMILES string of the molecule is COCC(=O)N1CC[C@@H](c2nn(C)c3ccc(-c4nc5cc(C)c([C@H](OC(C)(C)C)C(=O)O)c(-c6ccc(Cl)cc6)c5s4)cc23)C1.COCC(=O)N1CC[C@H](c2nn(C)c3ccc(-c4nc5cc(C)c([C@H](OC(C)(C)C)C(=O)O)c(-c6ccc(Cl)cc6)c5s4)cc23)C1.Cc1cc2nc(-c3ccc4c(c3)c(C3CCNC3)nn4C)sc2c(-c2ccc(Cl)cc2)c1[C@H](OC(C)(C)C)C(=O)O. The summed E-state index contributed by atoms with van der Waals surface area (Å²) < 4.78 is 37.0. The van der Waals surface area contributed by atoms with Crippen LogP contribution in [0.4, 0.5) is 0 Å². The molecule has 6 atom stereocenters. The quantitative estimate of drug-likeness (QED) is 0.0490. The zero-order valence-corrected chi connectivity index (χ0v) is 82.0. The van der Waals surface area contributed by atoms with Crippen molar-refractivity contribution >= 4 is 162 Å². The Morgan fingerprint density at radius 1 is 0.421 bits per heavy atom. The highest BCUT2D eigenvalue weighted by atomic mass is 35.5. The molecular weight excluding hydrogens is 1800 g/mol. The molecule has 3 fully saturated rings. The van der Waals surface area contributed by atoms with Crippen LogP contribution in [0.5, 0.6) is 0 Å². The van der Waals surface area contributed by atoms with Crippen molar-refractivity contribution in [3.63, 3.8) is 0 Å². The Morgan fingerprint density at radius 3 is 0.970 bits per heavy atom. The van der Waals surface area contributed by atoms with Gasteiger partial charge in [-0.1, -0.05) is 71.2 Å². The number of nitrogens with one attached hydrogen (secondary N) is 1. The van der Waals surface area contributed by atoms with Crippen molar-refractivity contribution < 1.29 is 63.0 Å². The standard InChI is InChI=1S/2C35H37ClN4O5S.C32H33ClN4O3S/c2*1-19-15-25-32(29(20-7-10-23(36)11-8-20)28(19)31(34(42)43)45-35(2,3)4)46-33(37-25)21-9-12-26-24(16-21)30(38-39(26)5)22-13-14-40(17-22)27(41)18-44-6;1-17-14-23-29(26(18-6-9-21(33)10-7-18)25(17)28(31(38)39)40-32(2,3)4)41-30(35-23)19-8-11-24-22(15-19)27(36-37(24)5)20-12-13-34-16-20/h2*7-12,15-16,22,31H,13-14,17-18H2,1-6H3,(H,42,43);6-11,14-15,20,28,34H,12-13,16H2,1-5H3,(H,38,39)/t22-,31+;22-,31-;20?,28-/m100/s1. The van der Waals surface area contributed by atoms with Crippen LogP contribution >= 0.6 is 68.8 Å². The number of benzene rings is 9. The number of methoxy groups -OCH3 is 2. The molecule has 692 valence electrons. The first-order valence-corrected chi connectivity index (χ1v) is 47.7. The molecule has 15 aromatic rings. The largest absolute Gasteiger partial charge is 0.479 e. The smallest absolute Gasteiger partial charge is 0.337 e. The number of carbonyl (C=O) groups is 5. The Kier molecular flexibility index (Phi) is 27.5. The van der Waals surface area contributed by atoms with E-state index in [0.29, 0.717) is 63.9 Å². The summed E-state index contributed by atoms with van der Waals surface area (Å²) in [5, 5.41) is 56.7. The molecule has 3 aliphatic rings. The van der Waals surface area contributed by atoms with Crippen LogP contribution in [0.15, 0.2) is 146 Å². The van der Waals surface area contributed by atoms with Gasteiger partial charge in [-0.05, 0) is 251 Å². The molecule has 31 heteroatoms. The third-order valence-electron chi connectivity index (χ3n) is 24.3. The van der Waals surface area contributed by atoms with Crippen molar-refractivity contribution in [2.24, 2.45) is 21.1 Å². The number of hydrogen-bond donors (Lipinski definition) is 4. The van der Waals surface area contributed by atoms with Crippen LogP contribution in [-0.2, 0) is 68.8 Å². The summed E-state index contributed by atoms with van der Waals surface area (Å²) in [7, 11) is 8.94. The van der Waals surface area contributed by atoms with E-state index in [2.05, 4.69) is 47.8 Å². The zero-order chi connectivity index (χ0) is 94.9. The summed E-state index contributed by atoms with van der Waals surface area (Å²) in [6.45, 7) is 27.1. The maximum Gasteiger partial charge on any atom is 0.337 e. The van der Waals surface area contributed by atoms with E-state index in [0.717, 1.165) is 195 Å². The fourth-order valence-electron chi connectivity index (χ4n) is 18.4. The number of amides is 2. The lowest BCUT2D eigenvalue weighted by Crippen LogP contribution is -2.31. The number of aliphatic carboxylic acids is 3. The predicted molar refractivity (Wildman–Crippen MR) is 529 cm³/mol. The topological polar surface area (TPSA) is 303 Å². The lowest BCUT2D eigenvalue weighted by Gasteiger charge is -2.28. The van der Waals surface area contributed by atoms with Gasteiger partial charge >= 0.3 is 17.9 Å². The average molecular weight is 1910 g/mol. The van der Waals surface area contributed by atoms with Crippen molar-refractivity contribution in [1.82, 2.24) is 59.4 Å². The fraction of sp³-hybridized carbons (Fsp3) is 0.363. The van der Waals surface area contributed by atoms with E-state index in [-0.39, 0.29) is 36.9 Å². The van der Waals surface area contributed by atoms with Gasteiger partial charge in [-0.2, -0.15) is 15.3 Å². The lowest BCUT2D eigenvalue weighted by molar-refractivity contribution is -0.161. The number of rotatable bonds is 22. The highest BCUT2D eigenvalue weighted by Gasteiger charge is 2.39. The van der Waals surface area contributed by atoms with E-state index in [1.165, 1.54) is 36.9 Å². The van der Waals surface area contributed by atoms with Crippen molar-refractivity contribution in [2.45, 2.75) is 155 Å². The molecule has 0 saturated carbocycles. The van der Waals surface area contributed by atoms with E-state index in [1.54, 1.807) is 11.3 Å². The van der Waals surface area contributed by atoms with Crippen molar-refractivity contribution in [2.75, 3.05) is 66.7 Å². The van der Waals surface area contributed by atoms with E-state index in [1.807, 2.05) is 231 Å². The number of carboxylic acids is 3. The minimum Gasteiger partial charge on any atom is -0.479 e. The molecular formula is C102H107Cl3N12O13S3. The Labute approximate surface area is 797 Å². The van der Waals surface area contributed by atoms with Crippen LogP contribution in [0.2, 0.25) is 15.1 Å². The molecule has 133 heavy (non-hydrogen) atoms. The van der Waals surface area contributed by atoms with Gasteiger partial charge in [-0.3, -0.25) is 23.6 Å².